The van der Waals surface area contributed by atoms with Crippen molar-refractivity contribution in [3.05, 3.63) is 35.4 Å². The molecule has 3 aliphatic rings. The number of fused-ring (bicyclic) bond motifs is 5. The van der Waals surface area contributed by atoms with E-state index in [-0.39, 0.29) is 0 Å². The summed E-state index contributed by atoms with van der Waals surface area (Å²) >= 11 is 0. The van der Waals surface area contributed by atoms with Crippen LogP contribution in [0, 0.1) is 0 Å². The zero-order valence-electron chi connectivity index (χ0n) is 10.8. The van der Waals surface area contributed by atoms with Crippen molar-refractivity contribution in [1.29, 1.82) is 0 Å². The summed E-state index contributed by atoms with van der Waals surface area (Å²) < 4.78 is 6.21. The molecule has 0 unspecified atom stereocenters. The van der Waals surface area contributed by atoms with Crippen molar-refractivity contribution in [2.24, 2.45) is 0 Å². The largest absolute Gasteiger partial charge is 0.364 e. The predicted molar refractivity (Wildman–Crippen MR) is 71.5 cm³/mol. The lowest BCUT2D eigenvalue weighted by molar-refractivity contribution is 0.0439. The van der Waals surface area contributed by atoms with E-state index in [9.17, 15) is 0 Å². The molecule has 3 aliphatic heterocycles. The number of hydrogen-bond acceptors (Lipinski definition) is 2. The number of rotatable bonds is 1. The first-order valence-electron chi connectivity index (χ1n) is 7.42. The fourth-order valence-electron chi connectivity index (χ4n) is 3.98. The smallest absolute Gasteiger partial charge is 0.0993 e. The van der Waals surface area contributed by atoms with E-state index < -0.39 is 0 Å². The van der Waals surface area contributed by atoms with Crippen molar-refractivity contribution in [2.75, 3.05) is 13.1 Å². The van der Waals surface area contributed by atoms with Gasteiger partial charge in [0.2, 0.25) is 0 Å². The summed E-state index contributed by atoms with van der Waals surface area (Å²) in [5.74, 6) is 0. The van der Waals surface area contributed by atoms with Gasteiger partial charge in [-0.1, -0.05) is 37.1 Å². The maximum Gasteiger partial charge on any atom is 0.0993 e. The normalized spacial score (nSPS) is 35.4. The highest BCUT2D eigenvalue weighted by molar-refractivity contribution is 5.38. The first-order valence-corrected chi connectivity index (χ1v) is 7.42. The molecular formula is C16H21NO. The van der Waals surface area contributed by atoms with E-state index in [1.165, 1.54) is 56.3 Å². The van der Waals surface area contributed by atoms with E-state index in [0.717, 1.165) is 0 Å². The van der Waals surface area contributed by atoms with Crippen LogP contribution in [0.2, 0.25) is 0 Å². The zero-order chi connectivity index (χ0) is 11.9. The topological polar surface area (TPSA) is 12.5 Å². The molecule has 18 heavy (non-hydrogen) atoms. The van der Waals surface area contributed by atoms with Crippen LogP contribution in [0.3, 0.4) is 0 Å². The predicted octanol–water partition coefficient (Wildman–Crippen LogP) is 3.45. The molecule has 0 aliphatic carbocycles. The summed E-state index contributed by atoms with van der Waals surface area (Å²) in [4.78, 5) is 2.70. The van der Waals surface area contributed by atoms with Crippen molar-refractivity contribution in [1.82, 2.24) is 4.90 Å². The van der Waals surface area contributed by atoms with Gasteiger partial charge in [-0.3, -0.25) is 4.90 Å². The molecule has 2 saturated heterocycles. The van der Waals surface area contributed by atoms with Gasteiger partial charge in [-0.2, -0.15) is 0 Å². The number of hydrogen-bond donors (Lipinski definition) is 0. The highest BCUT2D eigenvalue weighted by atomic mass is 16.5. The summed E-state index contributed by atoms with van der Waals surface area (Å²) in [7, 11) is 0. The SMILES string of the molecule is c1ccc2c(c1)[C@@H]1C[C@@H](N3CCCCCC3)[C@H]2O1. The van der Waals surface area contributed by atoms with Crippen molar-refractivity contribution >= 4 is 0 Å². The van der Waals surface area contributed by atoms with Gasteiger partial charge in [0.25, 0.3) is 0 Å². The summed E-state index contributed by atoms with van der Waals surface area (Å²) in [6, 6.07) is 9.46. The molecule has 0 spiro atoms. The van der Waals surface area contributed by atoms with Crippen molar-refractivity contribution in [3.63, 3.8) is 0 Å². The highest BCUT2D eigenvalue weighted by Crippen LogP contribution is 2.52. The summed E-state index contributed by atoms with van der Waals surface area (Å²) in [6.45, 7) is 2.55. The Morgan fingerprint density at radius 3 is 2.44 bits per heavy atom. The van der Waals surface area contributed by atoms with Crippen LogP contribution in [0.4, 0.5) is 0 Å². The molecular weight excluding hydrogens is 222 g/mol. The van der Waals surface area contributed by atoms with Crippen LogP contribution in [0.5, 0.6) is 0 Å². The molecule has 0 N–H and O–H groups in total. The van der Waals surface area contributed by atoms with Crippen molar-refractivity contribution in [2.45, 2.75) is 50.4 Å². The minimum Gasteiger partial charge on any atom is -0.364 e. The molecule has 0 radical (unpaired) electrons. The lowest BCUT2D eigenvalue weighted by Gasteiger charge is -2.32. The van der Waals surface area contributed by atoms with E-state index in [0.29, 0.717) is 18.2 Å². The van der Waals surface area contributed by atoms with E-state index >= 15 is 0 Å². The van der Waals surface area contributed by atoms with Crippen LogP contribution >= 0.6 is 0 Å². The Labute approximate surface area is 109 Å². The molecule has 4 rings (SSSR count). The van der Waals surface area contributed by atoms with E-state index in [4.69, 9.17) is 4.74 Å². The number of ether oxygens (including phenoxy) is 1. The Bertz CT molecular complexity index is 436. The first-order chi connectivity index (χ1) is 8.93. The molecule has 1 aromatic carbocycles. The van der Waals surface area contributed by atoms with Crippen molar-refractivity contribution in [3.8, 4) is 0 Å². The van der Waals surface area contributed by atoms with Gasteiger partial charge in [-0.05, 0) is 43.5 Å². The van der Waals surface area contributed by atoms with E-state index in [1.54, 1.807) is 0 Å². The fourth-order valence-corrected chi connectivity index (χ4v) is 3.98. The van der Waals surface area contributed by atoms with Crippen LogP contribution < -0.4 is 0 Å². The van der Waals surface area contributed by atoms with Crippen LogP contribution in [-0.4, -0.2) is 24.0 Å². The number of nitrogens with zero attached hydrogens (tertiary/aromatic N) is 1. The average molecular weight is 243 g/mol. The van der Waals surface area contributed by atoms with Crippen molar-refractivity contribution < 1.29 is 4.74 Å². The minimum absolute atomic E-state index is 0.351. The molecule has 2 heteroatoms. The summed E-state index contributed by atoms with van der Waals surface area (Å²) in [5, 5.41) is 0. The fraction of sp³-hybridized carbons (Fsp3) is 0.625. The Morgan fingerprint density at radius 1 is 0.944 bits per heavy atom. The molecule has 2 nitrogen and oxygen atoms in total. The van der Waals surface area contributed by atoms with Gasteiger partial charge in [0.05, 0.1) is 12.2 Å². The van der Waals surface area contributed by atoms with E-state index in [1.807, 2.05) is 0 Å². The number of likely N-dealkylation sites (tertiary alicyclic amines) is 1. The monoisotopic (exact) mass is 243 g/mol. The van der Waals surface area contributed by atoms with Gasteiger partial charge in [-0.25, -0.2) is 0 Å². The molecule has 0 aromatic heterocycles. The third kappa shape index (κ3) is 1.63. The second-order valence-corrected chi connectivity index (χ2v) is 5.93. The van der Waals surface area contributed by atoms with Gasteiger partial charge >= 0.3 is 0 Å². The molecule has 3 atom stereocenters. The molecule has 96 valence electrons. The minimum atomic E-state index is 0.351. The molecule has 2 fully saturated rings. The van der Waals surface area contributed by atoms with Crippen LogP contribution in [0.25, 0.3) is 0 Å². The maximum atomic E-state index is 6.21. The van der Waals surface area contributed by atoms with Gasteiger partial charge in [0.15, 0.2) is 0 Å². The number of benzene rings is 1. The average Bonchev–Trinajstić information content (AvgIpc) is 2.88. The second-order valence-electron chi connectivity index (χ2n) is 5.93. The van der Waals surface area contributed by atoms with Gasteiger partial charge in [-0.15, -0.1) is 0 Å². The molecule has 3 heterocycles. The Morgan fingerprint density at radius 2 is 1.67 bits per heavy atom. The first kappa shape index (κ1) is 11.0. The molecule has 2 bridgehead atoms. The second kappa shape index (κ2) is 4.36. The lowest BCUT2D eigenvalue weighted by Crippen LogP contribution is -2.39. The third-order valence-electron chi connectivity index (χ3n) is 4.88. The quantitative estimate of drug-likeness (QED) is 0.749. The van der Waals surface area contributed by atoms with Crippen LogP contribution in [0.15, 0.2) is 24.3 Å². The maximum absolute atomic E-state index is 6.21. The highest BCUT2D eigenvalue weighted by Gasteiger charge is 2.46. The van der Waals surface area contributed by atoms with Gasteiger partial charge in [0, 0.05) is 6.04 Å². The molecule has 0 amide bonds. The van der Waals surface area contributed by atoms with E-state index in [2.05, 4.69) is 29.2 Å². The molecule has 1 aromatic rings. The Balaban J connectivity index is 1.59. The summed E-state index contributed by atoms with van der Waals surface area (Å²) in [5.41, 5.74) is 2.91. The third-order valence-corrected chi connectivity index (χ3v) is 4.88. The standard InChI is InChI=1S/C16H21NO/c1-2-6-10-17(9-5-1)14-11-15-12-7-3-4-8-13(12)16(14)18-15/h3-4,7-8,14-16H,1-2,5-6,9-11H2/t14-,15+,16+/m1/s1. The summed E-state index contributed by atoms with van der Waals surface area (Å²) in [6.07, 6.45) is 7.50. The lowest BCUT2D eigenvalue weighted by atomic mass is 9.87. The Hall–Kier alpha value is -0.860. The van der Waals surface area contributed by atoms with Crippen LogP contribution in [0.1, 0.15) is 55.4 Å². The zero-order valence-corrected chi connectivity index (χ0v) is 10.8. The van der Waals surface area contributed by atoms with Crippen LogP contribution in [-0.2, 0) is 4.74 Å². The molecule has 0 saturated carbocycles. The Kier molecular flexibility index (Phi) is 2.66. The van der Waals surface area contributed by atoms with Gasteiger partial charge < -0.3 is 4.74 Å². The van der Waals surface area contributed by atoms with Gasteiger partial charge in [0.1, 0.15) is 0 Å².